The zero-order valence-corrected chi connectivity index (χ0v) is 9.60. The van der Waals surface area contributed by atoms with E-state index < -0.39 is 0 Å². The zero-order valence-electron chi connectivity index (χ0n) is 8.02. The van der Waals surface area contributed by atoms with Crippen molar-refractivity contribution in [2.75, 3.05) is 11.9 Å². The first-order valence-corrected chi connectivity index (χ1v) is 5.99. The third kappa shape index (κ3) is 1.11. The van der Waals surface area contributed by atoms with Crippen LogP contribution in [0.5, 0.6) is 0 Å². The van der Waals surface area contributed by atoms with E-state index in [1.165, 1.54) is 31.2 Å². The van der Waals surface area contributed by atoms with Crippen LogP contribution < -0.4 is 5.32 Å². The molecule has 3 rings (SSSR count). The van der Waals surface area contributed by atoms with Gasteiger partial charge in [0, 0.05) is 28.2 Å². The first-order valence-electron chi connectivity index (χ1n) is 5.20. The smallest absolute Gasteiger partial charge is 0.129 e. The Morgan fingerprint density at radius 2 is 2.14 bits per heavy atom. The number of rotatable bonds is 0. The van der Waals surface area contributed by atoms with E-state index in [1.54, 1.807) is 0 Å². The second-order valence-corrected chi connectivity index (χ2v) is 5.31. The summed E-state index contributed by atoms with van der Waals surface area (Å²) in [7, 11) is 0. The maximum Gasteiger partial charge on any atom is 0.129 e. The number of pyridine rings is 1. The maximum absolute atomic E-state index is 4.42. The summed E-state index contributed by atoms with van der Waals surface area (Å²) in [6.45, 7) is 1.09. The van der Waals surface area contributed by atoms with Gasteiger partial charge in [-0.3, -0.25) is 0 Å². The highest BCUT2D eigenvalue weighted by molar-refractivity contribution is 9.10. The van der Waals surface area contributed by atoms with Crippen LogP contribution >= 0.6 is 15.9 Å². The summed E-state index contributed by atoms with van der Waals surface area (Å²) in [4.78, 5) is 4.42. The van der Waals surface area contributed by atoms with Gasteiger partial charge in [0.25, 0.3) is 0 Å². The van der Waals surface area contributed by atoms with Gasteiger partial charge in [0.1, 0.15) is 5.82 Å². The molecule has 74 valence electrons. The quantitative estimate of drug-likeness (QED) is 0.768. The minimum absolute atomic E-state index is 0.409. The fourth-order valence-electron chi connectivity index (χ4n) is 2.83. The standard InChI is InChI=1S/C11H13BrN2/c12-8-5-9-10(13-6-8)14-7-11(9)3-1-2-4-11/h5-6H,1-4,7H2,(H,13,14). The number of halogens is 1. The van der Waals surface area contributed by atoms with Gasteiger partial charge in [0.05, 0.1) is 0 Å². The predicted octanol–water partition coefficient (Wildman–Crippen LogP) is 3.08. The van der Waals surface area contributed by atoms with E-state index in [0.29, 0.717) is 5.41 Å². The first kappa shape index (κ1) is 8.72. The highest BCUT2D eigenvalue weighted by Gasteiger charge is 2.41. The summed E-state index contributed by atoms with van der Waals surface area (Å²) in [6, 6.07) is 2.24. The molecule has 1 spiro atoms. The van der Waals surface area contributed by atoms with Crippen molar-refractivity contribution in [2.24, 2.45) is 0 Å². The van der Waals surface area contributed by atoms with Crippen molar-refractivity contribution in [3.05, 3.63) is 22.3 Å². The van der Waals surface area contributed by atoms with Crippen molar-refractivity contribution < 1.29 is 0 Å². The van der Waals surface area contributed by atoms with Crippen molar-refractivity contribution in [1.29, 1.82) is 0 Å². The number of nitrogens with one attached hydrogen (secondary N) is 1. The Bertz CT molecular complexity index is 370. The van der Waals surface area contributed by atoms with Crippen molar-refractivity contribution in [1.82, 2.24) is 4.98 Å². The lowest BCUT2D eigenvalue weighted by Crippen LogP contribution is -2.23. The molecule has 1 aromatic heterocycles. The molecule has 14 heavy (non-hydrogen) atoms. The van der Waals surface area contributed by atoms with E-state index in [0.717, 1.165) is 16.8 Å². The van der Waals surface area contributed by atoms with E-state index >= 15 is 0 Å². The molecule has 0 amide bonds. The van der Waals surface area contributed by atoms with Gasteiger partial charge in [0.2, 0.25) is 0 Å². The van der Waals surface area contributed by atoms with Gasteiger partial charge in [-0.15, -0.1) is 0 Å². The zero-order chi connectivity index (χ0) is 9.60. The fourth-order valence-corrected chi connectivity index (χ4v) is 3.16. The number of hydrogen-bond donors (Lipinski definition) is 1. The van der Waals surface area contributed by atoms with Gasteiger partial charge in [-0.25, -0.2) is 4.98 Å². The van der Waals surface area contributed by atoms with Gasteiger partial charge in [0.15, 0.2) is 0 Å². The van der Waals surface area contributed by atoms with Crippen LogP contribution in [0.15, 0.2) is 16.7 Å². The summed E-state index contributed by atoms with van der Waals surface area (Å²) in [5.41, 5.74) is 1.84. The van der Waals surface area contributed by atoms with Crippen molar-refractivity contribution >= 4 is 21.7 Å². The van der Waals surface area contributed by atoms with Gasteiger partial charge in [-0.2, -0.15) is 0 Å². The number of nitrogens with zero attached hydrogens (tertiary/aromatic N) is 1. The van der Waals surface area contributed by atoms with E-state index in [9.17, 15) is 0 Å². The fraction of sp³-hybridized carbons (Fsp3) is 0.545. The normalized spacial score (nSPS) is 22.4. The summed E-state index contributed by atoms with van der Waals surface area (Å²) < 4.78 is 1.10. The molecule has 0 saturated heterocycles. The highest BCUT2D eigenvalue weighted by atomic mass is 79.9. The Morgan fingerprint density at radius 1 is 1.36 bits per heavy atom. The number of hydrogen-bond acceptors (Lipinski definition) is 2. The molecule has 1 aliphatic carbocycles. The molecule has 0 bridgehead atoms. The summed E-state index contributed by atoms with van der Waals surface area (Å²) in [5, 5.41) is 3.43. The van der Waals surface area contributed by atoms with Gasteiger partial charge < -0.3 is 5.32 Å². The molecule has 0 radical (unpaired) electrons. The molecule has 2 nitrogen and oxygen atoms in total. The van der Waals surface area contributed by atoms with Gasteiger partial charge in [-0.1, -0.05) is 12.8 Å². The minimum atomic E-state index is 0.409. The molecule has 2 aliphatic rings. The Labute approximate surface area is 92.2 Å². The minimum Gasteiger partial charge on any atom is -0.369 e. The van der Waals surface area contributed by atoms with E-state index in [-0.39, 0.29) is 0 Å². The van der Waals surface area contributed by atoms with Crippen LogP contribution in [-0.2, 0) is 5.41 Å². The van der Waals surface area contributed by atoms with Crippen LogP contribution in [0.2, 0.25) is 0 Å². The molecule has 1 aromatic rings. The summed E-state index contributed by atoms with van der Waals surface area (Å²) in [5.74, 6) is 1.11. The van der Waals surface area contributed by atoms with Crippen LogP contribution in [-0.4, -0.2) is 11.5 Å². The second-order valence-electron chi connectivity index (χ2n) is 4.39. The molecule has 0 atom stereocenters. The molecule has 3 heteroatoms. The van der Waals surface area contributed by atoms with Crippen LogP contribution in [0.25, 0.3) is 0 Å². The lowest BCUT2D eigenvalue weighted by molar-refractivity contribution is 0.489. The average molecular weight is 253 g/mol. The molecule has 0 unspecified atom stereocenters. The third-order valence-corrected chi connectivity index (χ3v) is 4.01. The third-order valence-electron chi connectivity index (χ3n) is 3.58. The molecule has 1 N–H and O–H groups in total. The van der Waals surface area contributed by atoms with E-state index in [1.807, 2.05) is 6.20 Å². The Morgan fingerprint density at radius 3 is 2.93 bits per heavy atom. The number of fused-ring (bicyclic) bond motifs is 2. The lowest BCUT2D eigenvalue weighted by atomic mass is 9.82. The Kier molecular flexibility index (Phi) is 1.84. The van der Waals surface area contributed by atoms with Gasteiger partial charge >= 0.3 is 0 Å². The lowest BCUT2D eigenvalue weighted by Gasteiger charge is -2.22. The molecule has 1 aliphatic heterocycles. The van der Waals surface area contributed by atoms with Gasteiger partial charge in [-0.05, 0) is 34.8 Å². The molecular weight excluding hydrogens is 240 g/mol. The predicted molar refractivity (Wildman–Crippen MR) is 60.6 cm³/mol. The SMILES string of the molecule is Brc1cnc2c(c1)C1(CCCC1)CN2. The maximum atomic E-state index is 4.42. The van der Waals surface area contributed by atoms with E-state index in [4.69, 9.17) is 0 Å². The summed E-state index contributed by atoms with van der Waals surface area (Å²) in [6.07, 6.45) is 7.26. The topological polar surface area (TPSA) is 24.9 Å². The second kappa shape index (κ2) is 2.96. The van der Waals surface area contributed by atoms with Crippen molar-refractivity contribution in [2.45, 2.75) is 31.1 Å². The largest absolute Gasteiger partial charge is 0.369 e. The molecule has 1 saturated carbocycles. The molecular formula is C11H13BrN2. The van der Waals surface area contributed by atoms with Crippen molar-refractivity contribution in [3.8, 4) is 0 Å². The average Bonchev–Trinajstić information content (AvgIpc) is 2.77. The van der Waals surface area contributed by atoms with Crippen LogP contribution in [0.3, 0.4) is 0 Å². The van der Waals surface area contributed by atoms with Crippen molar-refractivity contribution in [3.63, 3.8) is 0 Å². The number of aromatic nitrogens is 1. The highest BCUT2D eigenvalue weighted by Crippen LogP contribution is 2.47. The van der Waals surface area contributed by atoms with Crippen LogP contribution in [0.4, 0.5) is 5.82 Å². The molecule has 1 fully saturated rings. The first-order chi connectivity index (χ1) is 6.80. The van der Waals surface area contributed by atoms with Crippen LogP contribution in [0.1, 0.15) is 31.2 Å². The monoisotopic (exact) mass is 252 g/mol. The molecule has 0 aromatic carbocycles. The Hall–Kier alpha value is -0.570. The molecule has 2 heterocycles. The number of anilines is 1. The summed E-state index contributed by atoms with van der Waals surface area (Å²) >= 11 is 3.51. The van der Waals surface area contributed by atoms with E-state index in [2.05, 4.69) is 32.3 Å². The van der Waals surface area contributed by atoms with Crippen LogP contribution in [0, 0.1) is 0 Å². The Balaban J connectivity index is 2.12.